The van der Waals surface area contributed by atoms with Gasteiger partial charge in [0.2, 0.25) is 23.7 Å². The average molecular weight is 689 g/mol. The van der Waals surface area contributed by atoms with E-state index in [1.54, 1.807) is 39.8 Å². The van der Waals surface area contributed by atoms with E-state index in [-0.39, 0.29) is 65.2 Å². The van der Waals surface area contributed by atoms with Gasteiger partial charge in [0.15, 0.2) is 0 Å². The quantitative estimate of drug-likeness (QED) is 0.166. The molecule has 46 heavy (non-hydrogen) atoms. The Labute approximate surface area is 273 Å². The van der Waals surface area contributed by atoms with E-state index in [2.05, 4.69) is 40.0 Å². The van der Waals surface area contributed by atoms with E-state index in [0.717, 1.165) is 0 Å². The molecule has 0 aliphatic carbocycles. The highest BCUT2D eigenvalue weighted by atomic mass is 35.5. The zero-order valence-corrected chi connectivity index (χ0v) is 27.8. The zero-order valence-electron chi connectivity index (χ0n) is 25.4. The van der Waals surface area contributed by atoms with Gasteiger partial charge < -0.3 is 10.6 Å². The highest BCUT2D eigenvalue weighted by Crippen LogP contribution is 2.19. The predicted molar refractivity (Wildman–Crippen MR) is 176 cm³/mol. The maximum Gasteiger partial charge on any atom is 0.264 e. The number of aryl methyl sites for hydroxylation is 4. The smallest absolute Gasteiger partial charge is 0.264 e. The highest BCUT2D eigenvalue weighted by molar-refractivity contribution is 7.93. The number of halogens is 1. The van der Waals surface area contributed by atoms with Crippen molar-refractivity contribution in [2.45, 2.75) is 56.7 Å². The second-order valence-corrected chi connectivity index (χ2v) is 13.5. The molecule has 4 aromatic rings. The molecule has 0 aliphatic rings. The lowest BCUT2D eigenvalue weighted by atomic mass is 10.2. The molecule has 4 N–H and O–H groups in total. The Hall–Kier alpha value is -4.67. The third-order valence-corrected chi connectivity index (χ3v) is 8.81. The van der Waals surface area contributed by atoms with Gasteiger partial charge in [-0.15, -0.1) is 12.4 Å². The van der Waals surface area contributed by atoms with Crippen molar-refractivity contribution in [2.75, 3.05) is 20.1 Å². The SMILES string of the molecule is Cc1cc(C)nc(NS(=O)(=O)c2ccc(NC(=O)CCCC(=O)Nc3ccc(S(=O)(=O)Nc4nc(C)cc(C)n4)cc3)cc2)n1.Cl. The summed E-state index contributed by atoms with van der Waals surface area (Å²) in [5, 5.41) is 5.34. The second kappa shape index (κ2) is 15.1. The summed E-state index contributed by atoms with van der Waals surface area (Å²) in [6.07, 6.45) is 0.334. The number of amides is 2. The van der Waals surface area contributed by atoms with Crippen LogP contribution in [0.3, 0.4) is 0 Å². The highest BCUT2D eigenvalue weighted by Gasteiger charge is 2.18. The summed E-state index contributed by atoms with van der Waals surface area (Å²) in [6, 6.07) is 14.6. The fourth-order valence-corrected chi connectivity index (χ4v) is 6.08. The lowest BCUT2D eigenvalue weighted by molar-refractivity contribution is -0.117. The van der Waals surface area contributed by atoms with E-state index >= 15 is 0 Å². The van der Waals surface area contributed by atoms with Crippen molar-refractivity contribution >= 4 is 67.5 Å². The van der Waals surface area contributed by atoms with E-state index in [1.807, 2.05) is 0 Å². The molecular weight excluding hydrogens is 656 g/mol. The monoisotopic (exact) mass is 688 g/mol. The van der Waals surface area contributed by atoms with Crippen LogP contribution in [-0.2, 0) is 29.6 Å². The van der Waals surface area contributed by atoms with Gasteiger partial charge in [0, 0.05) is 47.0 Å². The van der Waals surface area contributed by atoms with Crippen molar-refractivity contribution in [2.24, 2.45) is 0 Å². The van der Waals surface area contributed by atoms with Gasteiger partial charge in [-0.1, -0.05) is 0 Å². The van der Waals surface area contributed by atoms with Crippen LogP contribution in [0.1, 0.15) is 42.0 Å². The van der Waals surface area contributed by atoms with Crippen LogP contribution in [-0.4, -0.2) is 48.6 Å². The van der Waals surface area contributed by atoms with Crippen LogP contribution < -0.4 is 20.1 Å². The third kappa shape index (κ3) is 10.2. The van der Waals surface area contributed by atoms with Gasteiger partial charge in [0.1, 0.15) is 0 Å². The molecule has 0 bridgehead atoms. The molecule has 2 amide bonds. The van der Waals surface area contributed by atoms with Crippen LogP contribution in [0.25, 0.3) is 0 Å². The Morgan fingerprint density at radius 3 is 1.17 bits per heavy atom. The molecule has 0 unspecified atom stereocenters. The number of benzene rings is 2. The van der Waals surface area contributed by atoms with Crippen molar-refractivity contribution in [3.63, 3.8) is 0 Å². The minimum absolute atomic E-state index is 0. The predicted octanol–water partition coefficient (Wildman–Crippen LogP) is 4.27. The van der Waals surface area contributed by atoms with Gasteiger partial charge in [0.25, 0.3) is 20.0 Å². The van der Waals surface area contributed by atoms with Gasteiger partial charge >= 0.3 is 0 Å². The van der Waals surface area contributed by atoms with Crippen molar-refractivity contribution in [1.29, 1.82) is 0 Å². The lowest BCUT2D eigenvalue weighted by Crippen LogP contribution is -2.17. The first-order valence-electron chi connectivity index (χ1n) is 13.7. The molecule has 14 nitrogen and oxygen atoms in total. The zero-order chi connectivity index (χ0) is 32.8. The molecule has 0 saturated heterocycles. The Bertz CT molecular complexity index is 1760. The number of anilines is 4. The van der Waals surface area contributed by atoms with Gasteiger partial charge in [-0.05, 0) is 94.8 Å². The number of hydrogen-bond acceptors (Lipinski definition) is 10. The van der Waals surface area contributed by atoms with Crippen molar-refractivity contribution in [3.8, 4) is 0 Å². The summed E-state index contributed by atoms with van der Waals surface area (Å²) >= 11 is 0. The van der Waals surface area contributed by atoms with E-state index < -0.39 is 20.0 Å². The molecule has 0 aliphatic heterocycles. The molecule has 0 radical (unpaired) electrons. The van der Waals surface area contributed by atoms with Crippen LogP contribution in [0.15, 0.2) is 70.5 Å². The summed E-state index contributed by atoms with van der Waals surface area (Å²) in [6.45, 7) is 6.92. The normalized spacial score (nSPS) is 11.2. The number of rotatable bonds is 12. The van der Waals surface area contributed by atoms with Crippen molar-refractivity contribution < 1.29 is 26.4 Å². The number of hydrogen-bond donors (Lipinski definition) is 4. The van der Waals surface area contributed by atoms with Gasteiger partial charge in [0.05, 0.1) is 9.79 Å². The molecule has 244 valence electrons. The fourth-order valence-electron chi connectivity index (χ4n) is 4.19. The number of carbonyl (C=O) groups excluding carboxylic acids is 2. The summed E-state index contributed by atoms with van der Waals surface area (Å²) < 4.78 is 55.5. The first-order valence-corrected chi connectivity index (χ1v) is 16.7. The average Bonchev–Trinajstić information content (AvgIpc) is 2.92. The third-order valence-electron chi connectivity index (χ3n) is 6.12. The fraction of sp³-hybridized carbons (Fsp3) is 0.241. The summed E-state index contributed by atoms with van der Waals surface area (Å²) in [7, 11) is -7.88. The lowest BCUT2D eigenvalue weighted by Gasteiger charge is -2.10. The first-order chi connectivity index (χ1) is 21.2. The van der Waals surface area contributed by atoms with E-state index in [9.17, 15) is 26.4 Å². The van der Waals surface area contributed by atoms with Crippen LogP contribution in [0.2, 0.25) is 0 Å². The summed E-state index contributed by atoms with van der Waals surface area (Å²) in [4.78, 5) is 41.0. The number of carbonyl (C=O) groups is 2. The molecule has 2 heterocycles. The molecule has 4 rings (SSSR count). The largest absolute Gasteiger partial charge is 0.326 e. The van der Waals surface area contributed by atoms with Crippen molar-refractivity contribution in [3.05, 3.63) is 83.4 Å². The maximum atomic E-state index is 12.7. The Morgan fingerprint density at radius 1 is 0.565 bits per heavy atom. The Balaban J connectivity index is 0.00000576. The number of nitrogens with zero attached hydrogens (tertiary/aromatic N) is 4. The molecule has 0 saturated carbocycles. The van der Waals surface area contributed by atoms with Crippen LogP contribution in [0, 0.1) is 27.7 Å². The summed E-state index contributed by atoms with van der Waals surface area (Å²) in [5.74, 6) is -0.767. The minimum Gasteiger partial charge on any atom is -0.326 e. The molecule has 0 atom stereocenters. The van der Waals surface area contributed by atoms with Crippen LogP contribution in [0.5, 0.6) is 0 Å². The van der Waals surface area contributed by atoms with Crippen LogP contribution in [0.4, 0.5) is 23.3 Å². The molecule has 0 fully saturated rings. The first kappa shape index (κ1) is 35.8. The number of aromatic nitrogens is 4. The number of sulfonamides is 2. The molecule has 2 aromatic carbocycles. The number of nitrogens with one attached hydrogen (secondary N) is 4. The minimum atomic E-state index is -3.94. The van der Waals surface area contributed by atoms with Crippen molar-refractivity contribution in [1.82, 2.24) is 19.9 Å². The Kier molecular flexibility index (Phi) is 11.7. The molecular formula is C29H33ClN8O6S2. The van der Waals surface area contributed by atoms with E-state index in [4.69, 9.17) is 0 Å². The molecule has 2 aromatic heterocycles. The topological polar surface area (TPSA) is 202 Å². The van der Waals surface area contributed by atoms with Gasteiger partial charge in [-0.2, -0.15) is 0 Å². The van der Waals surface area contributed by atoms with Crippen LogP contribution >= 0.6 is 12.4 Å². The van der Waals surface area contributed by atoms with Gasteiger partial charge in [-0.3, -0.25) is 9.59 Å². The second-order valence-electron chi connectivity index (χ2n) is 10.2. The van der Waals surface area contributed by atoms with E-state index in [0.29, 0.717) is 34.2 Å². The Morgan fingerprint density at radius 2 is 0.870 bits per heavy atom. The van der Waals surface area contributed by atoms with Gasteiger partial charge in [-0.25, -0.2) is 46.2 Å². The standard InChI is InChI=1S/C29H32N8O6S2.ClH/c1-18-16-19(2)31-28(30-18)36-44(40,41)24-12-8-22(9-13-24)34-26(38)6-5-7-27(39)35-23-10-14-25(15-11-23)45(42,43)37-29-32-20(3)17-21(4)33-29;/h8-17H,5-7H2,1-4H3,(H,34,38)(H,35,39)(H,30,31,36)(H,32,33,37);1H. The van der Waals surface area contributed by atoms with E-state index in [1.165, 1.54) is 48.5 Å². The molecule has 0 spiro atoms. The summed E-state index contributed by atoms with van der Waals surface area (Å²) in [5.41, 5.74) is 3.26. The maximum absolute atomic E-state index is 12.7. The molecule has 17 heteroatoms.